The average Bonchev–Trinajstić information content (AvgIpc) is 2.01. The highest BCUT2D eigenvalue weighted by atomic mass is 127. The lowest BCUT2D eigenvalue weighted by atomic mass is 10.0. The van der Waals surface area contributed by atoms with Gasteiger partial charge in [0.05, 0.1) is 5.56 Å². The van der Waals surface area contributed by atoms with Crippen molar-refractivity contribution < 1.29 is 13.2 Å². The third kappa shape index (κ3) is 2.87. The predicted molar refractivity (Wildman–Crippen MR) is 57.9 cm³/mol. The van der Waals surface area contributed by atoms with E-state index in [1.807, 2.05) is 22.6 Å². The SMILES string of the molecule is C[C](C)c1cc(I)cc(C(F)(F)F)c1. The maximum Gasteiger partial charge on any atom is 0.416 e. The third-order valence-electron chi connectivity index (χ3n) is 1.80. The van der Waals surface area contributed by atoms with Gasteiger partial charge in [0.25, 0.3) is 0 Å². The predicted octanol–water partition coefficient (Wildman–Crippen LogP) is 4.27. The highest BCUT2D eigenvalue weighted by Crippen LogP contribution is 2.32. The Kier molecular flexibility index (Phi) is 3.44. The zero-order chi connectivity index (χ0) is 10.9. The molecule has 1 aromatic carbocycles. The molecule has 0 aliphatic rings. The Morgan fingerprint density at radius 3 is 2.14 bits per heavy atom. The number of halogens is 4. The molecule has 0 saturated heterocycles. The van der Waals surface area contributed by atoms with Crippen LogP contribution in [0, 0.1) is 9.49 Å². The molecule has 0 aliphatic carbocycles. The molecule has 77 valence electrons. The van der Waals surface area contributed by atoms with Crippen molar-refractivity contribution >= 4 is 22.6 Å². The van der Waals surface area contributed by atoms with Crippen LogP contribution in [0.1, 0.15) is 25.0 Å². The van der Waals surface area contributed by atoms with Crippen molar-refractivity contribution in [3.63, 3.8) is 0 Å². The fourth-order valence-corrected chi connectivity index (χ4v) is 1.71. The molecule has 0 unspecified atom stereocenters. The van der Waals surface area contributed by atoms with Gasteiger partial charge in [-0.15, -0.1) is 0 Å². The van der Waals surface area contributed by atoms with Gasteiger partial charge in [0, 0.05) is 3.57 Å². The summed E-state index contributed by atoms with van der Waals surface area (Å²) in [4.78, 5) is 0. The molecule has 0 saturated carbocycles. The monoisotopic (exact) mass is 313 g/mol. The van der Waals surface area contributed by atoms with E-state index in [0.29, 0.717) is 9.13 Å². The van der Waals surface area contributed by atoms with Gasteiger partial charge < -0.3 is 0 Å². The van der Waals surface area contributed by atoms with Crippen LogP contribution in [-0.2, 0) is 6.18 Å². The van der Waals surface area contributed by atoms with Gasteiger partial charge in [-0.1, -0.05) is 13.8 Å². The first-order valence-electron chi connectivity index (χ1n) is 3.99. The first-order chi connectivity index (χ1) is 6.30. The minimum Gasteiger partial charge on any atom is -0.166 e. The molecule has 0 aliphatic heterocycles. The van der Waals surface area contributed by atoms with E-state index in [0.717, 1.165) is 12.0 Å². The van der Waals surface area contributed by atoms with Gasteiger partial charge in [-0.25, -0.2) is 0 Å². The summed E-state index contributed by atoms with van der Waals surface area (Å²) in [5.74, 6) is 0.883. The van der Waals surface area contributed by atoms with E-state index in [-0.39, 0.29) is 0 Å². The molecule has 0 fully saturated rings. The van der Waals surface area contributed by atoms with Crippen LogP contribution >= 0.6 is 22.6 Å². The van der Waals surface area contributed by atoms with Gasteiger partial charge in [-0.3, -0.25) is 0 Å². The van der Waals surface area contributed by atoms with Crippen molar-refractivity contribution in [3.8, 4) is 0 Å². The summed E-state index contributed by atoms with van der Waals surface area (Å²) in [6.07, 6.45) is -4.26. The van der Waals surface area contributed by atoms with Crippen molar-refractivity contribution in [2.75, 3.05) is 0 Å². The molecule has 0 amide bonds. The zero-order valence-electron chi connectivity index (χ0n) is 7.74. The van der Waals surface area contributed by atoms with Gasteiger partial charge in [0.1, 0.15) is 0 Å². The van der Waals surface area contributed by atoms with Gasteiger partial charge in [0.15, 0.2) is 0 Å². The number of hydrogen-bond acceptors (Lipinski definition) is 0. The fraction of sp³-hybridized carbons (Fsp3) is 0.300. The van der Waals surface area contributed by atoms with E-state index in [1.165, 1.54) is 6.07 Å². The van der Waals surface area contributed by atoms with Crippen LogP contribution < -0.4 is 0 Å². The average molecular weight is 313 g/mol. The molecule has 0 heterocycles. The van der Waals surface area contributed by atoms with Crippen molar-refractivity contribution in [1.82, 2.24) is 0 Å². The van der Waals surface area contributed by atoms with E-state index in [1.54, 1.807) is 19.9 Å². The van der Waals surface area contributed by atoms with Crippen LogP contribution in [0.15, 0.2) is 18.2 Å². The summed E-state index contributed by atoms with van der Waals surface area (Å²) in [7, 11) is 0. The minimum absolute atomic E-state index is 0.583. The molecule has 14 heavy (non-hydrogen) atoms. The Bertz CT molecular complexity index is 329. The maximum atomic E-state index is 12.4. The van der Waals surface area contributed by atoms with Crippen LogP contribution in [0.3, 0.4) is 0 Å². The molecule has 1 rings (SSSR count). The Labute approximate surface area is 94.6 Å². The molecule has 4 heteroatoms. The molecule has 0 nitrogen and oxygen atoms in total. The van der Waals surface area contributed by atoms with E-state index in [4.69, 9.17) is 0 Å². The van der Waals surface area contributed by atoms with E-state index >= 15 is 0 Å². The number of benzene rings is 1. The van der Waals surface area contributed by atoms with Crippen molar-refractivity contribution in [3.05, 3.63) is 38.8 Å². The second-order valence-electron chi connectivity index (χ2n) is 3.23. The van der Waals surface area contributed by atoms with Crippen molar-refractivity contribution in [2.24, 2.45) is 0 Å². The van der Waals surface area contributed by atoms with E-state index in [2.05, 4.69) is 0 Å². The van der Waals surface area contributed by atoms with Crippen LogP contribution in [0.25, 0.3) is 0 Å². The minimum atomic E-state index is -4.26. The molecule has 0 atom stereocenters. The van der Waals surface area contributed by atoms with Gasteiger partial charge in [-0.2, -0.15) is 13.2 Å². The highest BCUT2D eigenvalue weighted by Gasteiger charge is 2.31. The summed E-state index contributed by atoms with van der Waals surface area (Å²) >= 11 is 1.89. The Hall–Kier alpha value is -0.260. The number of alkyl halides is 3. The van der Waals surface area contributed by atoms with Gasteiger partial charge in [0.2, 0.25) is 0 Å². The Balaban J connectivity index is 3.21. The molecule has 1 radical (unpaired) electrons. The summed E-state index contributed by atoms with van der Waals surface area (Å²) in [5.41, 5.74) is 0.0600. The quantitative estimate of drug-likeness (QED) is 0.679. The Morgan fingerprint density at radius 2 is 1.71 bits per heavy atom. The topological polar surface area (TPSA) is 0 Å². The maximum absolute atomic E-state index is 12.4. The summed E-state index contributed by atoms with van der Waals surface area (Å²) in [6.45, 7) is 3.59. The first-order valence-corrected chi connectivity index (χ1v) is 5.07. The highest BCUT2D eigenvalue weighted by molar-refractivity contribution is 14.1. The molecular formula is C10H9F3I. The van der Waals surface area contributed by atoms with Gasteiger partial charge >= 0.3 is 6.18 Å². The summed E-state index contributed by atoms with van der Waals surface area (Å²) in [6, 6.07) is 4.07. The zero-order valence-corrected chi connectivity index (χ0v) is 9.90. The van der Waals surface area contributed by atoms with Crippen LogP contribution in [0.2, 0.25) is 0 Å². The summed E-state index contributed by atoms with van der Waals surface area (Å²) < 4.78 is 37.8. The van der Waals surface area contributed by atoms with E-state index < -0.39 is 11.7 Å². The second-order valence-corrected chi connectivity index (χ2v) is 4.47. The smallest absolute Gasteiger partial charge is 0.166 e. The third-order valence-corrected chi connectivity index (χ3v) is 2.43. The van der Waals surface area contributed by atoms with E-state index in [9.17, 15) is 13.2 Å². The van der Waals surface area contributed by atoms with Gasteiger partial charge in [-0.05, 0) is 52.3 Å². The lowest BCUT2D eigenvalue weighted by Crippen LogP contribution is -2.06. The molecule has 1 aromatic rings. The number of hydrogen-bond donors (Lipinski definition) is 0. The van der Waals surface area contributed by atoms with Crippen molar-refractivity contribution in [2.45, 2.75) is 20.0 Å². The summed E-state index contributed by atoms with van der Waals surface area (Å²) in [5, 5.41) is 0. The van der Waals surface area contributed by atoms with Crippen molar-refractivity contribution in [1.29, 1.82) is 0 Å². The Morgan fingerprint density at radius 1 is 1.14 bits per heavy atom. The normalized spacial score (nSPS) is 12.2. The standard InChI is InChI=1S/C10H9F3I/c1-6(2)7-3-8(10(11,12)13)5-9(14)4-7/h3-5H,1-2H3. The van der Waals surface area contributed by atoms with Crippen LogP contribution in [0.4, 0.5) is 13.2 Å². The lowest BCUT2D eigenvalue weighted by molar-refractivity contribution is -0.137. The second kappa shape index (κ2) is 4.08. The van der Waals surface area contributed by atoms with Crippen LogP contribution in [-0.4, -0.2) is 0 Å². The van der Waals surface area contributed by atoms with Crippen LogP contribution in [0.5, 0.6) is 0 Å². The molecular weight excluding hydrogens is 304 g/mol. The molecule has 0 N–H and O–H groups in total. The largest absolute Gasteiger partial charge is 0.416 e. The molecule has 0 spiro atoms. The fourth-order valence-electron chi connectivity index (χ4n) is 1.04. The lowest BCUT2D eigenvalue weighted by Gasteiger charge is -2.11. The first kappa shape index (κ1) is 11.8. The number of rotatable bonds is 1. The molecule has 0 bridgehead atoms. The molecule has 0 aromatic heterocycles.